The second kappa shape index (κ2) is 4.57. The highest BCUT2D eigenvalue weighted by molar-refractivity contribution is 6.00. The summed E-state index contributed by atoms with van der Waals surface area (Å²) >= 11 is 0. The van der Waals surface area contributed by atoms with E-state index in [9.17, 15) is 9.59 Å². The summed E-state index contributed by atoms with van der Waals surface area (Å²) in [6, 6.07) is 1.34. The van der Waals surface area contributed by atoms with E-state index in [4.69, 9.17) is 0 Å². The van der Waals surface area contributed by atoms with Crippen LogP contribution in [0.2, 0.25) is 0 Å². The van der Waals surface area contributed by atoms with Gasteiger partial charge in [-0.15, -0.1) is 0 Å². The van der Waals surface area contributed by atoms with E-state index in [-0.39, 0.29) is 11.8 Å². The lowest BCUT2D eigenvalue weighted by atomic mass is 10.2. The number of carbonyl (C=O) groups is 2. The van der Waals surface area contributed by atoms with Crippen LogP contribution in [0.3, 0.4) is 0 Å². The Morgan fingerprint density at radius 1 is 1.53 bits per heavy atom. The number of aromatic nitrogens is 2. The molecule has 1 saturated heterocycles. The third-order valence-electron chi connectivity index (χ3n) is 2.85. The molecule has 2 heterocycles. The van der Waals surface area contributed by atoms with Gasteiger partial charge in [0.05, 0.1) is 0 Å². The molecule has 0 bridgehead atoms. The molecule has 0 radical (unpaired) electrons. The summed E-state index contributed by atoms with van der Waals surface area (Å²) in [5.41, 5.74) is 0. The molecule has 1 aromatic heterocycles. The maximum Gasteiger partial charge on any atom is 0.250 e. The van der Waals surface area contributed by atoms with E-state index in [1.165, 1.54) is 0 Å². The average Bonchev–Trinajstić information content (AvgIpc) is 2.66. The van der Waals surface area contributed by atoms with E-state index in [1.54, 1.807) is 28.9 Å². The summed E-state index contributed by atoms with van der Waals surface area (Å²) in [5, 5.41) is 6.92. The highest BCUT2D eigenvalue weighted by atomic mass is 16.2. The highest BCUT2D eigenvalue weighted by Crippen LogP contribution is 2.15. The molecule has 0 aliphatic carbocycles. The van der Waals surface area contributed by atoms with Crippen molar-refractivity contribution in [2.45, 2.75) is 25.8 Å². The van der Waals surface area contributed by atoms with Crippen LogP contribution in [0.5, 0.6) is 0 Å². The summed E-state index contributed by atoms with van der Waals surface area (Å²) in [5.74, 6) is 0.438. The van der Waals surface area contributed by atoms with Crippen molar-refractivity contribution in [2.75, 3.05) is 11.4 Å². The molecule has 1 aliphatic rings. The fourth-order valence-electron chi connectivity index (χ4n) is 1.89. The molecule has 17 heavy (non-hydrogen) atoms. The number of hydrogen-bond acceptors (Lipinski definition) is 3. The second-order valence-electron chi connectivity index (χ2n) is 4.12. The van der Waals surface area contributed by atoms with Crippen LogP contribution in [0, 0.1) is 0 Å². The van der Waals surface area contributed by atoms with Gasteiger partial charge in [-0.2, -0.15) is 5.10 Å². The monoisotopic (exact) mass is 236 g/mol. The molecule has 1 unspecified atom stereocenters. The van der Waals surface area contributed by atoms with Gasteiger partial charge < -0.3 is 5.32 Å². The van der Waals surface area contributed by atoms with Crippen molar-refractivity contribution in [2.24, 2.45) is 7.05 Å². The van der Waals surface area contributed by atoms with E-state index in [0.29, 0.717) is 25.2 Å². The number of hydrogen-bond donors (Lipinski definition) is 1. The molecule has 1 aromatic rings. The number of aryl methyl sites for hydroxylation is 1. The third kappa shape index (κ3) is 2.30. The summed E-state index contributed by atoms with van der Waals surface area (Å²) in [6.45, 7) is 2.27. The van der Waals surface area contributed by atoms with Crippen molar-refractivity contribution in [3.8, 4) is 0 Å². The SMILES string of the molecule is CCC1NC(=O)CCN(c2ccn(C)n2)C1=O. The number of rotatable bonds is 2. The normalized spacial score (nSPS) is 21.3. The van der Waals surface area contributed by atoms with Crippen LogP contribution in [-0.4, -0.2) is 34.2 Å². The molecule has 6 nitrogen and oxygen atoms in total. The highest BCUT2D eigenvalue weighted by Gasteiger charge is 2.30. The second-order valence-corrected chi connectivity index (χ2v) is 4.12. The molecule has 92 valence electrons. The van der Waals surface area contributed by atoms with Gasteiger partial charge in [-0.05, 0) is 6.42 Å². The molecule has 1 fully saturated rings. The minimum Gasteiger partial charge on any atom is -0.344 e. The van der Waals surface area contributed by atoms with Gasteiger partial charge in [-0.3, -0.25) is 19.2 Å². The average molecular weight is 236 g/mol. The predicted molar refractivity (Wildman–Crippen MR) is 62.4 cm³/mol. The van der Waals surface area contributed by atoms with E-state index >= 15 is 0 Å². The van der Waals surface area contributed by atoms with E-state index < -0.39 is 6.04 Å². The zero-order valence-electron chi connectivity index (χ0n) is 10.0. The fourth-order valence-corrected chi connectivity index (χ4v) is 1.89. The van der Waals surface area contributed by atoms with Crippen LogP contribution in [-0.2, 0) is 16.6 Å². The Labute approximate surface area is 99.6 Å². The van der Waals surface area contributed by atoms with Crippen molar-refractivity contribution >= 4 is 17.6 Å². The predicted octanol–water partition coefficient (Wildman–Crippen LogP) is 0.0516. The number of anilines is 1. The van der Waals surface area contributed by atoms with Crippen molar-refractivity contribution in [1.82, 2.24) is 15.1 Å². The molecular weight excluding hydrogens is 220 g/mol. The quantitative estimate of drug-likeness (QED) is 0.789. The Morgan fingerprint density at radius 3 is 2.88 bits per heavy atom. The van der Waals surface area contributed by atoms with Gasteiger partial charge in [0.1, 0.15) is 6.04 Å². The van der Waals surface area contributed by atoms with Crippen LogP contribution in [0.25, 0.3) is 0 Å². The summed E-state index contributed by atoms with van der Waals surface area (Å²) < 4.78 is 1.64. The van der Waals surface area contributed by atoms with Gasteiger partial charge in [0.25, 0.3) is 5.91 Å². The molecule has 0 saturated carbocycles. The molecule has 0 aromatic carbocycles. The molecule has 6 heteroatoms. The Bertz CT molecular complexity index is 440. The Hall–Kier alpha value is -1.85. The maximum absolute atomic E-state index is 12.2. The first-order valence-corrected chi connectivity index (χ1v) is 5.72. The van der Waals surface area contributed by atoms with Crippen molar-refractivity contribution in [3.05, 3.63) is 12.3 Å². The first-order valence-electron chi connectivity index (χ1n) is 5.72. The number of amides is 2. The van der Waals surface area contributed by atoms with Gasteiger partial charge in [0, 0.05) is 32.3 Å². The summed E-state index contributed by atoms with van der Waals surface area (Å²) in [4.78, 5) is 25.2. The Morgan fingerprint density at radius 2 is 2.29 bits per heavy atom. The van der Waals surface area contributed by atoms with Crippen LogP contribution >= 0.6 is 0 Å². The first-order chi connectivity index (χ1) is 8.11. The lowest BCUT2D eigenvalue weighted by Gasteiger charge is -2.20. The van der Waals surface area contributed by atoms with Crippen molar-refractivity contribution in [1.29, 1.82) is 0 Å². The summed E-state index contributed by atoms with van der Waals surface area (Å²) in [6.07, 6.45) is 2.69. The zero-order chi connectivity index (χ0) is 12.4. The summed E-state index contributed by atoms with van der Waals surface area (Å²) in [7, 11) is 1.80. The van der Waals surface area contributed by atoms with Gasteiger partial charge in [0.2, 0.25) is 5.91 Å². The standard InChI is InChI=1S/C11H16N4O2/c1-3-8-11(17)15(7-5-10(16)12-8)9-4-6-14(2)13-9/h4,6,8H,3,5,7H2,1-2H3,(H,12,16). The van der Waals surface area contributed by atoms with E-state index in [1.807, 2.05) is 6.92 Å². The molecular formula is C11H16N4O2. The lowest BCUT2D eigenvalue weighted by molar-refractivity contribution is -0.125. The van der Waals surface area contributed by atoms with Crippen molar-refractivity contribution in [3.63, 3.8) is 0 Å². The van der Waals surface area contributed by atoms with E-state index in [2.05, 4.69) is 10.4 Å². The van der Waals surface area contributed by atoms with Crippen LogP contribution in [0.4, 0.5) is 5.82 Å². The number of nitrogens with one attached hydrogen (secondary N) is 1. The van der Waals surface area contributed by atoms with E-state index in [0.717, 1.165) is 0 Å². The zero-order valence-corrected chi connectivity index (χ0v) is 10.0. The Kier molecular flexibility index (Phi) is 3.12. The third-order valence-corrected chi connectivity index (χ3v) is 2.85. The van der Waals surface area contributed by atoms with Gasteiger partial charge >= 0.3 is 0 Å². The van der Waals surface area contributed by atoms with Crippen LogP contribution in [0.1, 0.15) is 19.8 Å². The molecule has 1 atom stereocenters. The number of carbonyl (C=O) groups excluding carboxylic acids is 2. The first kappa shape index (κ1) is 11.6. The molecule has 0 spiro atoms. The van der Waals surface area contributed by atoms with Crippen LogP contribution in [0.15, 0.2) is 12.3 Å². The topological polar surface area (TPSA) is 67.2 Å². The van der Waals surface area contributed by atoms with Gasteiger partial charge in [0.15, 0.2) is 5.82 Å². The van der Waals surface area contributed by atoms with Gasteiger partial charge in [-0.1, -0.05) is 6.92 Å². The minimum absolute atomic E-state index is 0.0800. The molecule has 1 aliphatic heterocycles. The molecule has 1 N–H and O–H groups in total. The number of nitrogens with zero attached hydrogens (tertiary/aromatic N) is 3. The van der Waals surface area contributed by atoms with Gasteiger partial charge in [-0.25, -0.2) is 0 Å². The smallest absolute Gasteiger partial charge is 0.250 e. The Balaban J connectivity index is 2.26. The molecule has 2 amide bonds. The lowest BCUT2D eigenvalue weighted by Crippen LogP contribution is -2.44. The molecule has 2 rings (SSSR count). The van der Waals surface area contributed by atoms with Crippen LogP contribution < -0.4 is 10.2 Å². The largest absolute Gasteiger partial charge is 0.344 e. The maximum atomic E-state index is 12.2. The minimum atomic E-state index is -0.438. The van der Waals surface area contributed by atoms with Crippen molar-refractivity contribution < 1.29 is 9.59 Å². The fraction of sp³-hybridized carbons (Fsp3) is 0.545.